The lowest BCUT2D eigenvalue weighted by Crippen LogP contribution is -2.52. The zero-order chi connectivity index (χ0) is 13.0. The number of hydrogen-bond donors (Lipinski definition) is 1. The quantitative estimate of drug-likeness (QED) is 0.768. The van der Waals surface area contributed by atoms with Gasteiger partial charge in [-0.15, -0.1) is 0 Å². The SMILES string of the molecule is CC1(C)CC2(CO1)Oc1ccc(F)cc1NC2=O. The van der Waals surface area contributed by atoms with Gasteiger partial charge < -0.3 is 14.8 Å². The number of halogens is 1. The smallest absolute Gasteiger partial charge is 0.271 e. The van der Waals surface area contributed by atoms with E-state index >= 15 is 0 Å². The van der Waals surface area contributed by atoms with E-state index in [4.69, 9.17) is 9.47 Å². The molecule has 5 heteroatoms. The number of carbonyl (C=O) groups is 1. The number of fused-ring (bicyclic) bond motifs is 1. The van der Waals surface area contributed by atoms with Crippen molar-refractivity contribution in [1.82, 2.24) is 0 Å². The second-order valence-corrected chi connectivity index (χ2v) is 5.42. The van der Waals surface area contributed by atoms with Gasteiger partial charge in [-0.05, 0) is 26.0 Å². The fourth-order valence-corrected chi connectivity index (χ4v) is 2.50. The summed E-state index contributed by atoms with van der Waals surface area (Å²) >= 11 is 0. The molecule has 96 valence electrons. The Bertz CT molecular complexity index is 529. The van der Waals surface area contributed by atoms with E-state index in [0.717, 1.165) is 0 Å². The van der Waals surface area contributed by atoms with Gasteiger partial charge in [0, 0.05) is 12.5 Å². The number of carbonyl (C=O) groups excluding carboxylic acids is 1. The van der Waals surface area contributed by atoms with Crippen molar-refractivity contribution in [3.8, 4) is 5.75 Å². The maximum Gasteiger partial charge on any atom is 0.271 e. The molecule has 3 rings (SSSR count). The molecular formula is C13H14FNO3. The molecule has 1 aromatic carbocycles. The molecule has 0 bridgehead atoms. The van der Waals surface area contributed by atoms with Gasteiger partial charge in [-0.2, -0.15) is 0 Å². The van der Waals surface area contributed by atoms with E-state index in [0.29, 0.717) is 17.9 Å². The van der Waals surface area contributed by atoms with Crippen molar-refractivity contribution in [3.63, 3.8) is 0 Å². The van der Waals surface area contributed by atoms with Gasteiger partial charge in [0.2, 0.25) is 5.60 Å². The number of ether oxygens (including phenoxy) is 2. The standard InChI is InChI=1S/C13H14FNO3/c1-12(2)6-13(7-17-12)11(16)15-9-5-8(14)3-4-10(9)18-13/h3-5H,6-7H2,1-2H3,(H,15,16). The van der Waals surface area contributed by atoms with E-state index in [9.17, 15) is 9.18 Å². The number of amides is 1. The molecule has 4 nitrogen and oxygen atoms in total. The molecule has 0 aromatic heterocycles. The van der Waals surface area contributed by atoms with Crippen LogP contribution < -0.4 is 10.1 Å². The van der Waals surface area contributed by atoms with Crippen LogP contribution in [0.5, 0.6) is 5.75 Å². The molecule has 2 heterocycles. The summed E-state index contributed by atoms with van der Waals surface area (Å²) in [6, 6.07) is 4.09. The second kappa shape index (κ2) is 3.45. The minimum atomic E-state index is -0.992. The van der Waals surface area contributed by atoms with Crippen LogP contribution in [-0.2, 0) is 9.53 Å². The van der Waals surface area contributed by atoms with Gasteiger partial charge >= 0.3 is 0 Å². The molecule has 1 fully saturated rings. The third-order valence-corrected chi connectivity index (χ3v) is 3.32. The number of hydrogen-bond acceptors (Lipinski definition) is 3. The molecule has 0 saturated carbocycles. The Labute approximate surface area is 104 Å². The second-order valence-electron chi connectivity index (χ2n) is 5.42. The third-order valence-electron chi connectivity index (χ3n) is 3.32. The zero-order valence-electron chi connectivity index (χ0n) is 10.2. The first-order valence-corrected chi connectivity index (χ1v) is 5.84. The molecule has 18 heavy (non-hydrogen) atoms. The summed E-state index contributed by atoms with van der Waals surface area (Å²) in [6.07, 6.45) is 0.475. The van der Waals surface area contributed by atoms with Crippen LogP contribution in [0.15, 0.2) is 18.2 Å². The summed E-state index contributed by atoms with van der Waals surface area (Å²) < 4.78 is 24.4. The highest BCUT2D eigenvalue weighted by molar-refractivity contribution is 6.01. The molecule has 1 spiro atoms. The average Bonchev–Trinajstić information content (AvgIpc) is 2.58. The Balaban J connectivity index is 1.98. The van der Waals surface area contributed by atoms with Crippen LogP contribution >= 0.6 is 0 Å². The lowest BCUT2D eigenvalue weighted by Gasteiger charge is -2.33. The largest absolute Gasteiger partial charge is 0.473 e. The van der Waals surface area contributed by atoms with Crippen LogP contribution in [-0.4, -0.2) is 23.7 Å². The number of benzene rings is 1. The van der Waals surface area contributed by atoms with E-state index < -0.39 is 17.0 Å². The number of rotatable bonds is 0. The van der Waals surface area contributed by atoms with E-state index in [1.54, 1.807) is 0 Å². The fraction of sp³-hybridized carbons (Fsp3) is 0.462. The first-order valence-electron chi connectivity index (χ1n) is 5.84. The first-order chi connectivity index (χ1) is 8.40. The van der Waals surface area contributed by atoms with Gasteiger partial charge in [-0.1, -0.05) is 0 Å². The van der Waals surface area contributed by atoms with Gasteiger partial charge in [0.25, 0.3) is 5.91 Å². The van der Waals surface area contributed by atoms with Crippen molar-refractivity contribution in [2.75, 3.05) is 11.9 Å². The Morgan fingerprint density at radius 1 is 1.39 bits per heavy atom. The van der Waals surface area contributed by atoms with E-state index in [1.165, 1.54) is 18.2 Å². The van der Waals surface area contributed by atoms with Crippen molar-refractivity contribution in [1.29, 1.82) is 0 Å². The van der Waals surface area contributed by atoms with Crippen LogP contribution in [0.3, 0.4) is 0 Å². The molecule has 1 N–H and O–H groups in total. The van der Waals surface area contributed by atoms with Crippen molar-refractivity contribution >= 4 is 11.6 Å². The van der Waals surface area contributed by atoms with Crippen molar-refractivity contribution in [2.24, 2.45) is 0 Å². The summed E-state index contributed by atoms with van der Waals surface area (Å²) in [4.78, 5) is 12.1. The lowest BCUT2D eigenvalue weighted by atomic mass is 9.91. The van der Waals surface area contributed by atoms with Crippen LogP contribution in [0.4, 0.5) is 10.1 Å². The molecule has 1 unspecified atom stereocenters. The number of nitrogens with one attached hydrogen (secondary N) is 1. The fourth-order valence-electron chi connectivity index (χ4n) is 2.50. The van der Waals surface area contributed by atoms with E-state index in [1.807, 2.05) is 13.8 Å². The van der Waals surface area contributed by atoms with Crippen LogP contribution in [0.2, 0.25) is 0 Å². The van der Waals surface area contributed by atoms with Crippen molar-refractivity contribution in [2.45, 2.75) is 31.5 Å². The minimum Gasteiger partial charge on any atom is -0.473 e. The molecular weight excluding hydrogens is 237 g/mol. The molecule has 1 amide bonds. The first kappa shape index (κ1) is 11.5. The zero-order valence-corrected chi connectivity index (χ0v) is 10.2. The van der Waals surface area contributed by atoms with Crippen LogP contribution in [0, 0.1) is 5.82 Å². The highest BCUT2D eigenvalue weighted by Crippen LogP contribution is 2.42. The summed E-state index contributed by atoms with van der Waals surface area (Å²) in [5.41, 5.74) is -1.02. The highest BCUT2D eigenvalue weighted by atomic mass is 19.1. The average molecular weight is 251 g/mol. The maximum atomic E-state index is 13.1. The lowest BCUT2D eigenvalue weighted by molar-refractivity contribution is -0.132. The minimum absolute atomic E-state index is 0.211. The van der Waals surface area contributed by atoms with Gasteiger partial charge in [0.15, 0.2) is 0 Å². The molecule has 0 aliphatic carbocycles. The van der Waals surface area contributed by atoms with Gasteiger partial charge in [-0.3, -0.25) is 4.79 Å². The van der Waals surface area contributed by atoms with Gasteiger partial charge in [-0.25, -0.2) is 4.39 Å². The molecule has 1 saturated heterocycles. The third kappa shape index (κ3) is 1.66. The summed E-state index contributed by atoms with van der Waals surface area (Å²) in [5, 5.41) is 2.69. The Morgan fingerprint density at radius 3 is 2.83 bits per heavy atom. The predicted molar refractivity (Wildman–Crippen MR) is 63.0 cm³/mol. The van der Waals surface area contributed by atoms with E-state index in [-0.39, 0.29) is 12.5 Å². The Morgan fingerprint density at radius 2 is 2.17 bits per heavy atom. The Hall–Kier alpha value is -1.62. The van der Waals surface area contributed by atoms with Crippen LogP contribution in [0.25, 0.3) is 0 Å². The maximum absolute atomic E-state index is 13.1. The summed E-state index contributed by atoms with van der Waals surface area (Å²) in [6.45, 7) is 4.04. The molecule has 2 aliphatic rings. The summed E-state index contributed by atoms with van der Waals surface area (Å²) in [5.74, 6) is -0.194. The van der Waals surface area contributed by atoms with Crippen LogP contribution in [0.1, 0.15) is 20.3 Å². The predicted octanol–water partition coefficient (Wildman–Crippen LogP) is 2.09. The normalized spacial score (nSPS) is 28.7. The Kier molecular flexibility index (Phi) is 2.20. The van der Waals surface area contributed by atoms with E-state index in [2.05, 4.69) is 5.32 Å². The molecule has 0 radical (unpaired) electrons. The molecule has 2 aliphatic heterocycles. The molecule has 1 atom stereocenters. The molecule has 1 aromatic rings. The van der Waals surface area contributed by atoms with Crippen molar-refractivity contribution in [3.05, 3.63) is 24.0 Å². The van der Waals surface area contributed by atoms with Gasteiger partial charge in [0.1, 0.15) is 11.6 Å². The monoisotopic (exact) mass is 251 g/mol. The van der Waals surface area contributed by atoms with Gasteiger partial charge in [0.05, 0.1) is 17.9 Å². The topological polar surface area (TPSA) is 47.6 Å². The highest BCUT2D eigenvalue weighted by Gasteiger charge is 2.54. The number of anilines is 1. The van der Waals surface area contributed by atoms with Crippen molar-refractivity contribution < 1.29 is 18.7 Å². The summed E-state index contributed by atoms with van der Waals surface area (Å²) in [7, 11) is 0.